The van der Waals surface area contributed by atoms with Crippen molar-refractivity contribution in [2.75, 3.05) is 55.5 Å². The molecule has 32 nitrogen and oxygen atoms in total. The van der Waals surface area contributed by atoms with Crippen molar-refractivity contribution in [3.05, 3.63) is 0 Å². The molecule has 0 amide bonds. The van der Waals surface area contributed by atoms with Gasteiger partial charge in [0, 0.05) is 166 Å². The number of carbonyl (C=O) groups excluding carboxylic acids is 8. The summed E-state index contributed by atoms with van der Waals surface area (Å²) in [6.07, 6.45) is -20.2. The second-order valence-electron chi connectivity index (χ2n) is 48.0. The van der Waals surface area contributed by atoms with Crippen LogP contribution in [0.15, 0.2) is 0 Å². The summed E-state index contributed by atoms with van der Waals surface area (Å²) < 4.78 is 86.1. The molecule has 0 aromatic carbocycles. The highest BCUT2D eigenvalue weighted by atomic mass is 16.9. The fourth-order valence-corrected chi connectivity index (χ4v) is 23.7. The number of likely N-dealkylation sites (tertiary alicyclic amines) is 6. The summed E-state index contributed by atoms with van der Waals surface area (Å²) in [5.41, 5.74) is -10.1. The minimum Gasteiger partial charge on any atom is -0.459 e. The van der Waals surface area contributed by atoms with E-state index in [1.165, 1.54) is 13.8 Å². The van der Waals surface area contributed by atoms with Crippen LogP contribution in [0.1, 0.15) is 323 Å². The monoisotopic (exact) mass is 1810 g/mol. The van der Waals surface area contributed by atoms with Crippen LogP contribution in [0.3, 0.4) is 0 Å². The first-order chi connectivity index (χ1) is 57.4. The Morgan fingerprint density at radius 2 is 0.441 bits per heavy atom. The normalized spacial score (nSPS) is 29.6. The van der Waals surface area contributed by atoms with E-state index in [0.29, 0.717) is 77.0 Å². The standard InChI is InChI=1S/C95H166N6O26/c1-37-67(122-73(108)116-57-39-81(7,8)96(31)82(9,10)40-57)94(124-75(110)118-59-43-85(15,16)98(33)86(17,18)44-59,125-76(111)119-60-45-87(19,20)99(34)88(21,22)46-60)71(106)114-55-79(3,4)69-63(102)51-93(52-64(69)103)53-65(104)70(66(105)54-93)80(5,6)56-115-72(107)95(126-77(112)120-61-47-89(23,24)100(35)90(25,26)48-61,127-78(113)121-62-49-91(27,28)101(36)92(29,30)50-62)68(38-2)123-74(109)117-58-41-83(11,12)97(32)84(13,14)42-58/h57-70,102-105H,37-56H2,1-36H3. The number of hydrogen-bond acceptors (Lipinski definition) is 32. The minimum absolute atomic E-state index is 0.124. The van der Waals surface area contributed by atoms with Gasteiger partial charge in [-0.05, 0) is 252 Å². The van der Waals surface area contributed by atoms with Gasteiger partial charge in [-0.25, -0.2) is 38.4 Å². The molecule has 8 aliphatic rings. The molecule has 32 heteroatoms. The SMILES string of the molecule is CCC(OC(=O)OC1CC(C)(C)N(C)C(C)(C)C1)C(OC(=O)OC1CC(C)(C)N(C)C(C)(C)C1)(OC(=O)OC1CC(C)(C)N(C)C(C)(C)C1)C(=O)OCC(C)(C)C1C(O)CC2(CC1O)CC(O)C(C(C)(C)COC(=O)C(OC(=O)OC1CC(C)(C)N(C)C(C)(C)C1)(OC(=O)OC1CC(C)(C)N(C)C(C)(C)C1)C(CC)OC(=O)OC1CC(C)(C)N(C)C(C)(C)C1)C(O)C2. The number of aliphatic hydroxyl groups excluding tert-OH is 4. The van der Waals surface area contributed by atoms with Crippen LogP contribution in [0.2, 0.25) is 0 Å². The average Bonchev–Trinajstić information content (AvgIpc) is 0.734. The molecular formula is C95H166N6O26. The lowest BCUT2D eigenvalue weighted by Gasteiger charge is -2.56. The molecule has 127 heavy (non-hydrogen) atoms. The van der Waals surface area contributed by atoms with Gasteiger partial charge in [0.15, 0.2) is 12.2 Å². The van der Waals surface area contributed by atoms with E-state index in [2.05, 4.69) is 29.4 Å². The molecule has 732 valence electrons. The highest BCUT2D eigenvalue weighted by molar-refractivity contribution is 5.85. The zero-order valence-electron chi connectivity index (χ0n) is 84.2. The van der Waals surface area contributed by atoms with E-state index < -0.39 is 241 Å². The van der Waals surface area contributed by atoms with Crippen LogP contribution in [0.25, 0.3) is 0 Å². The Bertz CT molecular complexity index is 3410. The Balaban J connectivity index is 1.08. The van der Waals surface area contributed by atoms with Gasteiger partial charge in [0.25, 0.3) is 0 Å². The molecule has 6 saturated heterocycles. The molecule has 2 aliphatic carbocycles. The first-order valence-corrected chi connectivity index (χ1v) is 46.3. The highest BCUT2D eigenvalue weighted by Crippen LogP contribution is 2.57. The predicted molar refractivity (Wildman–Crippen MR) is 474 cm³/mol. The molecule has 6 aliphatic heterocycles. The molecule has 8 fully saturated rings. The van der Waals surface area contributed by atoms with Gasteiger partial charge in [-0.15, -0.1) is 0 Å². The van der Waals surface area contributed by atoms with E-state index in [0.717, 1.165) is 0 Å². The van der Waals surface area contributed by atoms with Gasteiger partial charge < -0.3 is 86.7 Å². The highest BCUT2D eigenvalue weighted by Gasteiger charge is 2.65. The molecule has 0 aromatic rings. The van der Waals surface area contributed by atoms with Crippen molar-refractivity contribution in [3.63, 3.8) is 0 Å². The van der Waals surface area contributed by atoms with Gasteiger partial charge in [0.05, 0.1) is 37.6 Å². The smallest absolute Gasteiger partial charge is 0.459 e. The third-order valence-electron chi connectivity index (χ3n) is 32.0. The van der Waals surface area contributed by atoms with Crippen molar-refractivity contribution >= 4 is 48.9 Å². The van der Waals surface area contributed by atoms with Gasteiger partial charge in [0.2, 0.25) is 0 Å². The molecule has 0 aromatic heterocycles. The van der Waals surface area contributed by atoms with Gasteiger partial charge in [-0.2, -0.15) is 0 Å². The zero-order chi connectivity index (χ0) is 96.7. The van der Waals surface area contributed by atoms with Crippen molar-refractivity contribution in [2.45, 2.75) is 475 Å². The van der Waals surface area contributed by atoms with E-state index in [1.54, 1.807) is 27.7 Å². The minimum atomic E-state index is -3.33. The van der Waals surface area contributed by atoms with E-state index in [1.807, 2.05) is 208 Å². The van der Waals surface area contributed by atoms with Gasteiger partial charge in [-0.1, -0.05) is 41.5 Å². The lowest BCUT2D eigenvalue weighted by Crippen LogP contribution is -2.62. The van der Waals surface area contributed by atoms with Crippen molar-refractivity contribution in [1.82, 2.24) is 29.4 Å². The predicted octanol–water partition coefficient (Wildman–Crippen LogP) is 15.2. The van der Waals surface area contributed by atoms with E-state index in [9.17, 15) is 49.2 Å². The number of esters is 2. The van der Waals surface area contributed by atoms with Crippen LogP contribution in [-0.2, 0) is 75.9 Å². The van der Waals surface area contributed by atoms with Gasteiger partial charge >= 0.3 is 60.4 Å². The Morgan fingerprint density at radius 3 is 0.598 bits per heavy atom. The Hall–Kier alpha value is -5.84. The Labute approximate surface area is 758 Å². The molecule has 1 spiro atoms. The summed E-state index contributed by atoms with van der Waals surface area (Å²) in [6.45, 7) is 56.2. The topological polar surface area (TPSA) is 366 Å². The molecule has 0 bridgehead atoms. The first kappa shape index (κ1) is 107. The van der Waals surface area contributed by atoms with Crippen LogP contribution in [-0.4, -0.2) is 305 Å². The number of hydrogen-bond donors (Lipinski definition) is 4. The third-order valence-corrected chi connectivity index (χ3v) is 32.0. The van der Waals surface area contributed by atoms with Gasteiger partial charge in [0.1, 0.15) is 36.6 Å². The number of piperidine rings is 6. The molecule has 6 atom stereocenters. The lowest BCUT2D eigenvalue weighted by atomic mass is 9.53. The maximum absolute atomic E-state index is 15.9. The molecule has 2 saturated carbocycles. The van der Waals surface area contributed by atoms with E-state index in [-0.39, 0.29) is 38.5 Å². The fraction of sp³-hybridized carbons (Fsp3) is 0.916. The molecule has 6 heterocycles. The molecule has 0 radical (unpaired) electrons. The number of ether oxygens (including phenoxy) is 14. The number of carbonyl (C=O) groups is 8. The van der Waals surface area contributed by atoms with Crippen molar-refractivity contribution in [2.24, 2.45) is 28.1 Å². The number of nitrogens with zero attached hydrogens (tertiary/aromatic N) is 6. The summed E-state index contributed by atoms with van der Waals surface area (Å²) in [5.74, 6) is -12.0. The van der Waals surface area contributed by atoms with Crippen LogP contribution in [0, 0.1) is 28.1 Å². The molecule has 6 unspecified atom stereocenters. The second-order valence-corrected chi connectivity index (χ2v) is 48.0. The van der Waals surface area contributed by atoms with E-state index >= 15 is 9.59 Å². The summed E-state index contributed by atoms with van der Waals surface area (Å²) in [7, 11) is 11.9. The zero-order valence-corrected chi connectivity index (χ0v) is 84.2. The number of rotatable bonds is 24. The van der Waals surface area contributed by atoms with Crippen molar-refractivity contribution in [3.8, 4) is 0 Å². The second kappa shape index (κ2) is 37.2. The quantitative estimate of drug-likeness (QED) is 0.0396. The van der Waals surface area contributed by atoms with Gasteiger partial charge in [-0.3, -0.25) is 29.4 Å². The maximum atomic E-state index is 15.9. The fourth-order valence-electron chi connectivity index (χ4n) is 23.7. The summed E-state index contributed by atoms with van der Waals surface area (Å²) in [4.78, 5) is 134. The van der Waals surface area contributed by atoms with Crippen molar-refractivity contribution < 1.29 is 125 Å². The third kappa shape index (κ3) is 23.7. The van der Waals surface area contributed by atoms with Crippen LogP contribution < -0.4 is 0 Å². The van der Waals surface area contributed by atoms with E-state index in [4.69, 9.17) is 66.3 Å². The summed E-state index contributed by atoms with van der Waals surface area (Å²) in [6, 6.07) is 0. The summed E-state index contributed by atoms with van der Waals surface area (Å²) in [5, 5.41) is 50.7. The Kier molecular flexibility index (Phi) is 31.2. The molecular weight excluding hydrogens is 1640 g/mol. The molecule has 4 N–H and O–H groups in total. The van der Waals surface area contributed by atoms with Crippen LogP contribution in [0.5, 0.6) is 0 Å². The molecule has 8 rings (SSSR count). The Morgan fingerprint density at radius 1 is 0.283 bits per heavy atom. The van der Waals surface area contributed by atoms with Crippen molar-refractivity contribution in [1.29, 1.82) is 0 Å². The largest absolute Gasteiger partial charge is 0.512 e. The first-order valence-electron chi connectivity index (χ1n) is 46.3. The number of aliphatic hydroxyl groups is 4. The average molecular weight is 1810 g/mol. The maximum Gasteiger partial charge on any atom is 0.512 e. The summed E-state index contributed by atoms with van der Waals surface area (Å²) >= 11 is 0. The van der Waals surface area contributed by atoms with Crippen LogP contribution in [0.4, 0.5) is 28.8 Å². The van der Waals surface area contributed by atoms with Crippen LogP contribution >= 0.6 is 0 Å². The lowest BCUT2D eigenvalue weighted by molar-refractivity contribution is -0.260.